The number of piperidine rings is 1. The number of rotatable bonds is 11. The number of hydrogen-bond donors (Lipinski definition) is 1. The fourth-order valence-electron chi connectivity index (χ4n) is 5.63. The summed E-state index contributed by atoms with van der Waals surface area (Å²) in [6.07, 6.45) is 2.90. The number of aromatic nitrogens is 3. The van der Waals surface area contributed by atoms with E-state index in [1.54, 1.807) is 0 Å². The van der Waals surface area contributed by atoms with E-state index in [0.717, 1.165) is 73.3 Å². The minimum absolute atomic E-state index is 0.00278. The molecule has 1 aliphatic rings. The zero-order valence-corrected chi connectivity index (χ0v) is 24.1. The SMILES string of the molecule is CCCc1c(-c2nc(-c3ccc(C(O)CN4CCCC(C(=O)N(CC)CC)C4)cc3)no2)noc1-c1ccccc1. The number of carbonyl (C=O) groups excluding carboxylic acids is 1. The van der Waals surface area contributed by atoms with E-state index in [1.165, 1.54) is 0 Å². The van der Waals surface area contributed by atoms with Crippen molar-refractivity contribution in [1.29, 1.82) is 0 Å². The van der Waals surface area contributed by atoms with E-state index >= 15 is 0 Å². The normalized spacial score (nSPS) is 16.5. The van der Waals surface area contributed by atoms with Gasteiger partial charge in [-0.15, -0.1) is 0 Å². The Morgan fingerprint density at radius 3 is 2.49 bits per heavy atom. The Morgan fingerprint density at radius 1 is 1.02 bits per heavy atom. The molecule has 2 aromatic heterocycles. The summed E-state index contributed by atoms with van der Waals surface area (Å²) in [5.41, 5.74) is 4.06. The Bertz CT molecular complexity index is 1410. The largest absolute Gasteiger partial charge is 0.387 e. The van der Waals surface area contributed by atoms with Gasteiger partial charge in [0.25, 0.3) is 5.89 Å². The lowest BCUT2D eigenvalue weighted by Crippen LogP contribution is -2.45. The monoisotopic (exact) mass is 557 g/mol. The average Bonchev–Trinajstić information content (AvgIpc) is 3.66. The molecule has 1 N–H and O–H groups in total. The highest BCUT2D eigenvalue weighted by atomic mass is 16.5. The molecule has 41 heavy (non-hydrogen) atoms. The van der Waals surface area contributed by atoms with Crippen LogP contribution in [0.4, 0.5) is 0 Å². The quantitative estimate of drug-likeness (QED) is 0.253. The molecule has 0 saturated carbocycles. The van der Waals surface area contributed by atoms with Gasteiger partial charge in [-0.2, -0.15) is 4.98 Å². The number of aliphatic hydroxyl groups excluding tert-OH is 1. The molecule has 5 rings (SSSR count). The van der Waals surface area contributed by atoms with Gasteiger partial charge in [0, 0.05) is 42.9 Å². The van der Waals surface area contributed by atoms with Crippen LogP contribution in [0.25, 0.3) is 34.3 Å². The highest BCUT2D eigenvalue weighted by molar-refractivity contribution is 5.79. The van der Waals surface area contributed by atoms with Gasteiger partial charge >= 0.3 is 0 Å². The van der Waals surface area contributed by atoms with Gasteiger partial charge in [0.15, 0.2) is 11.5 Å². The summed E-state index contributed by atoms with van der Waals surface area (Å²) in [6, 6.07) is 17.5. The second-order valence-corrected chi connectivity index (χ2v) is 10.6. The third-order valence-electron chi connectivity index (χ3n) is 7.87. The molecule has 0 radical (unpaired) electrons. The van der Waals surface area contributed by atoms with Crippen LogP contribution >= 0.6 is 0 Å². The summed E-state index contributed by atoms with van der Waals surface area (Å²) in [7, 11) is 0. The van der Waals surface area contributed by atoms with E-state index in [4.69, 9.17) is 9.05 Å². The molecular weight excluding hydrogens is 518 g/mol. The molecule has 3 heterocycles. The maximum absolute atomic E-state index is 12.9. The minimum Gasteiger partial charge on any atom is -0.387 e. The zero-order chi connectivity index (χ0) is 28.8. The van der Waals surface area contributed by atoms with Crippen molar-refractivity contribution in [3.8, 4) is 34.3 Å². The summed E-state index contributed by atoms with van der Waals surface area (Å²) in [4.78, 5) is 21.6. The highest BCUT2D eigenvalue weighted by Crippen LogP contribution is 2.33. The topological polar surface area (TPSA) is 109 Å². The van der Waals surface area contributed by atoms with E-state index in [9.17, 15) is 9.90 Å². The molecule has 2 atom stereocenters. The number of carbonyl (C=O) groups is 1. The van der Waals surface area contributed by atoms with E-state index in [1.807, 2.05) is 73.3 Å². The number of likely N-dealkylation sites (tertiary alicyclic amines) is 1. The first-order valence-corrected chi connectivity index (χ1v) is 14.7. The molecule has 1 fully saturated rings. The van der Waals surface area contributed by atoms with Crippen LogP contribution in [0, 0.1) is 5.92 Å². The predicted octanol–water partition coefficient (Wildman–Crippen LogP) is 5.62. The van der Waals surface area contributed by atoms with Crippen molar-refractivity contribution in [1.82, 2.24) is 25.1 Å². The lowest BCUT2D eigenvalue weighted by Gasteiger charge is -2.35. The van der Waals surface area contributed by atoms with Crippen LogP contribution in [0.1, 0.15) is 57.3 Å². The van der Waals surface area contributed by atoms with E-state index < -0.39 is 6.10 Å². The van der Waals surface area contributed by atoms with Crippen LogP contribution in [0.5, 0.6) is 0 Å². The molecule has 2 aromatic carbocycles. The molecule has 0 bridgehead atoms. The van der Waals surface area contributed by atoms with Crippen molar-refractivity contribution >= 4 is 5.91 Å². The maximum atomic E-state index is 12.9. The first-order chi connectivity index (χ1) is 20.0. The molecule has 4 aromatic rings. The summed E-state index contributed by atoms with van der Waals surface area (Å²) in [5.74, 6) is 1.70. The number of β-amino-alcohol motifs (C(OH)–C–C–N with tert-alkyl or cyclic N) is 1. The van der Waals surface area contributed by atoms with Gasteiger partial charge in [-0.1, -0.05) is 78.3 Å². The standard InChI is InChI=1S/C32H39N5O4/c1-4-11-26-28(34-40-29(26)23-12-8-7-9-13-23)31-33-30(35-41-31)24-17-15-22(16-18-24)27(38)21-36-19-10-14-25(20-36)32(39)37(5-2)6-3/h7-9,12-13,15-18,25,27,38H,4-6,10-11,14,19-21H2,1-3H3. The summed E-state index contributed by atoms with van der Waals surface area (Å²) in [6.45, 7) is 9.67. The van der Waals surface area contributed by atoms with Gasteiger partial charge in [-0.3, -0.25) is 9.69 Å². The van der Waals surface area contributed by atoms with Gasteiger partial charge in [0.1, 0.15) is 0 Å². The predicted molar refractivity (Wildman–Crippen MR) is 157 cm³/mol. The molecular formula is C32H39N5O4. The van der Waals surface area contributed by atoms with Gasteiger partial charge in [-0.05, 0) is 45.2 Å². The number of aliphatic hydroxyl groups is 1. The Kier molecular flexibility index (Phi) is 9.26. The Morgan fingerprint density at radius 2 is 1.78 bits per heavy atom. The van der Waals surface area contributed by atoms with Crippen molar-refractivity contribution in [2.24, 2.45) is 5.92 Å². The number of amides is 1. The highest BCUT2D eigenvalue weighted by Gasteiger charge is 2.29. The fraction of sp³-hybridized carbons (Fsp3) is 0.438. The Balaban J connectivity index is 1.26. The maximum Gasteiger partial charge on any atom is 0.280 e. The molecule has 1 aliphatic heterocycles. The van der Waals surface area contributed by atoms with Gasteiger partial charge < -0.3 is 19.1 Å². The van der Waals surface area contributed by atoms with Crippen LogP contribution in [0.15, 0.2) is 63.6 Å². The molecule has 216 valence electrons. The average molecular weight is 558 g/mol. The zero-order valence-electron chi connectivity index (χ0n) is 24.1. The lowest BCUT2D eigenvalue weighted by atomic mass is 9.95. The first kappa shape index (κ1) is 28.7. The number of nitrogens with zero attached hydrogens (tertiary/aromatic N) is 5. The molecule has 1 amide bonds. The molecule has 1 saturated heterocycles. The minimum atomic E-state index is -0.657. The summed E-state index contributed by atoms with van der Waals surface area (Å²) < 4.78 is 11.3. The van der Waals surface area contributed by atoms with Crippen molar-refractivity contribution < 1.29 is 18.9 Å². The fourth-order valence-corrected chi connectivity index (χ4v) is 5.63. The lowest BCUT2D eigenvalue weighted by molar-refractivity contribution is -0.137. The van der Waals surface area contributed by atoms with Crippen LogP contribution < -0.4 is 0 Å². The Hall–Kier alpha value is -3.82. The Labute approximate surface area is 241 Å². The van der Waals surface area contributed by atoms with Gasteiger partial charge in [0.05, 0.1) is 12.0 Å². The molecule has 2 unspecified atom stereocenters. The van der Waals surface area contributed by atoms with E-state index in [2.05, 4.69) is 27.1 Å². The van der Waals surface area contributed by atoms with Crippen molar-refractivity contribution in [3.05, 3.63) is 65.7 Å². The van der Waals surface area contributed by atoms with Gasteiger partial charge in [0.2, 0.25) is 11.7 Å². The number of hydrogen-bond acceptors (Lipinski definition) is 8. The van der Waals surface area contributed by atoms with Crippen LogP contribution in [0.3, 0.4) is 0 Å². The number of benzene rings is 2. The van der Waals surface area contributed by atoms with Gasteiger partial charge in [-0.25, -0.2) is 0 Å². The van der Waals surface area contributed by atoms with Crippen LogP contribution in [-0.4, -0.2) is 68.8 Å². The third-order valence-corrected chi connectivity index (χ3v) is 7.87. The van der Waals surface area contributed by atoms with Crippen molar-refractivity contribution in [3.63, 3.8) is 0 Å². The van der Waals surface area contributed by atoms with Crippen molar-refractivity contribution in [2.45, 2.75) is 52.6 Å². The smallest absolute Gasteiger partial charge is 0.280 e. The molecule has 0 spiro atoms. The third kappa shape index (κ3) is 6.41. The van der Waals surface area contributed by atoms with E-state index in [-0.39, 0.29) is 11.8 Å². The summed E-state index contributed by atoms with van der Waals surface area (Å²) >= 11 is 0. The van der Waals surface area contributed by atoms with Crippen LogP contribution in [-0.2, 0) is 11.2 Å². The summed E-state index contributed by atoms with van der Waals surface area (Å²) in [5, 5.41) is 19.5. The molecule has 0 aliphatic carbocycles. The molecule has 9 nitrogen and oxygen atoms in total. The second-order valence-electron chi connectivity index (χ2n) is 10.6. The van der Waals surface area contributed by atoms with Crippen molar-refractivity contribution in [2.75, 3.05) is 32.7 Å². The van der Waals surface area contributed by atoms with Crippen LogP contribution in [0.2, 0.25) is 0 Å². The first-order valence-electron chi connectivity index (χ1n) is 14.7. The second kappa shape index (κ2) is 13.2. The molecule has 9 heteroatoms. The van der Waals surface area contributed by atoms with E-state index in [0.29, 0.717) is 30.5 Å².